The van der Waals surface area contributed by atoms with Crippen molar-refractivity contribution in [1.82, 2.24) is 9.78 Å². The van der Waals surface area contributed by atoms with Crippen LogP contribution in [-0.4, -0.2) is 9.78 Å². The van der Waals surface area contributed by atoms with Crippen molar-refractivity contribution >= 4 is 5.69 Å². The molecule has 96 valence electrons. The van der Waals surface area contributed by atoms with Crippen LogP contribution in [0, 0.1) is 19.7 Å². The molecule has 2 aromatic rings. The SMILES string of the molecule is Cc1cc(F)c(-c2cn(C(C)C)nc2C)cc1N. The monoisotopic (exact) mass is 247 g/mol. The third-order valence-electron chi connectivity index (χ3n) is 3.09. The summed E-state index contributed by atoms with van der Waals surface area (Å²) < 4.78 is 15.8. The summed E-state index contributed by atoms with van der Waals surface area (Å²) in [4.78, 5) is 0. The summed E-state index contributed by atoms with van der Waals surface area (Å²) in [7, 11) is 0. The molecule has 18 heavy (non-hydrogen) atoms. The summed E-state index contributed by atoms with van der Waals surface area (Å²) in [6.45, 7) is 7.75. The van der Waals surface area contributed by atoms with Crippen LogP contribution in [-0.2, 0) is 0 Å². The lowest BCUT2D eigenvalue weighted by Gasteiger charge is -2.06. The standard InChI is InChI=1S/C14H18FN3/c1-8(2)18-7-12(10(4)17-18)11-6-14(16)9(3)5-13(11)15/h5-8H,16H2,1-4H3. The Labute approximate surface area is 106 Å². The molecule has 0 radical (unpaired) electrons. The summed E-state index contributed by atoms with van der Waals surface area (Å²) in [5.41, 5.74) is 9.33. The Balaban J connectivity index is 2.58. The van der Waals surface area contributed by atoms with E-state index < -0.39 is 0 Å². The Hall–Kier alpha value is -1.84. The van der Waals surface area contributed by atoms with Gasteiger partial charge in [0.25, 0.3) is 0 Å². The topological polar surface area (TPSA) is 43.8 Å². The van der Waals surface area contributed by atoms with Crippen LogP contribution in [0.3, 0.4) is 0 Å². The van der Waals surface area contributed by atoms with Crippen LogP contribution in [0.25, 0.3) is 11.1 Å². The fraction of sp³-hybridized carbons (Fsp3) is 0.357. The molecular weight excluding hydrogens is 229 g/mol. The first kappa shape index (κ1) is 12.6. The predicted octanol–water partition coefficient (Wildman–Crippen LogP) is 3.47. The molecule has 1 heterocycles. The van der Waals surface area contributed by atoms with Gasteiger partial charge in [0.15, 0.2) is 0 Å². The summed E-state index contributed by atoms with van der Waals surface area (Å²) in [5.74, 6) is -0.256. The molecule has 0 amide bonds. The maximum atomic E-state index is 14.0. The average Bonchev–Trinajstić information content (AvgIpc) is 2.66. The molecule has 0 atom stereocenters. The summed E-state index contributed by atoms with van der Waals surface area (Å²) >= 11 is 0. The highest BCUT2D eigenvalue weighted by atomic mass is 19.1. The number of nitrogens with zero attached hydrogens (tertiary/aromatic N) is 2. The van der Waals surface area contributed by atoms with E-state index in [4.69, 9.17) is 5.73 Å². The Morgan fingerprint density at radius 3 is 2.44 bits per heavy atom. The van der Waals surface area contributed by atoms with Gasteiger partial charge in [-0.05, 0) is 45.4 Å². The van der Waals surface area contributed by atoms with E-state index in [-0.39, 0.29) is 11.9 Å². The molecule has 0 aliphatic carbocycles. The maximum Gasteiger partial charge on any atom is 0.131 e. The smallest absolute Gasteiger partial charge is 0.131 e. The number of benzene rings is 1. The lowest BCUT2D eigenvalue weighted by Crippen LogP contribution is -2.00. The molecule has 0 fully saturated rings. The number of halogens is 1. The number of hydrogen-bond donors (Lipinski definition) is 1. The third-order valence-corrected chi connectivity index (χ3v) is 3.09. The van der Waals surface area contributed by atoms with E-state index in [1.165, 1.54) is 6.07 Å². The molecule has 3 nitrogen and oxygen atoms in total. The summed E-state index contributed by atoms with van der Waals surface area (Å²) in [5, 5.41) is 4.39. The van der Waals surface area contributed by atoms with Gasteiger partial charge in [0, 0.05) is 29.1 Å². The highest BCUT2D eigenvalue weighted by molar-refractivity contribution is 5.70. The summed E-state index contributed by atoms with van der Waals surface area (Å²) in [6.07, 6.45) is 1.87. The minimum absolute atomic E-state index is 0.253. The molecule has 2 rings (SSSR count). The van der Waals surface area contributed by atoms with E-state index in [2.05, 4.69) is 5.10 Å². The van der Waals surface area contributed by atoms with Crippen LogP contribution >= 0.6 is 0 Å². The van der Waals surface area contributed by atoms with E-state index in [1.807, 2.05) is 31.6 Å². The van der Waals surface area contributed by atoms with Gasteiger partial charge in [-0.2, -0.15) is 5.10 Å². The van der Waals surface area contributed by atoms with Crippen molar-refractivity contribution in [1.29, 1.82) is 0 Å². The second kappa shape index (κ2) is 4.44. The molecule has 0 aliphatic rings. The number of nitrogens with two attached hydrogens (primary N) is 1. The van der Waals surface area contributed by atoms with Gasteiger partial charge in [-0.25, -0.2) is 4.39 Å². The zero-order valence-electron chi connectivity index (χ0n) is 11.2. The van der Waals surface area contributed by atoms with Crippen LogP contribution in [0.2, 0.25) is 0 Å². The van der Waals surface area contributed by atoms with E-state index in [0.29, 0.717) is 11.3 Å². The second-order valence-corrected chi connectivity index (χ2v) is 4.89. The minimum atomic E-state index is -0.256. The fourth-order valence-electron chi connectivity index (χ4n) is 1.91. The largest absolute Gasteiger partial charge is 0.398 e. The van der Waals surface area contributed by atoms with Crippen molar-refractivity contribution in [2.24, 2.45) is 0 Å². The number of anilines is 1. The minimum Gasteiger partial charge on any atom is -0.398 e. The molecule has 0 spiro atoms. The van der Waals surface area contributed by atoms with Gasteiger partial charge in [-0.15, -0.1) is 0 Å². The zero-order valence-corrected chi connectivity index (χ0v) is 11.2. The van der Waals surface area contributed by atoms with E-state index in [9.17, 15) is 4.39 Å². The average molecular weight is 247 g/mol. The van der Waals surface area contributed by atoms with Crippen LogP contribution in [0.15, 0.2) is 18.3 Å². The van der Waals surface area contributed by atoms with Crippen molar-refractivity contribution in [2.45, 2.75) is 33.7 Å². The fourth-order valence-corrected chi connectivity index (χ4v) is 1.91. The van der Waals surface area contributed by atoms with E-state index in [0.717, 1.165) is 16.8 Å². The number of nitrogen functional groups attached to an aromatic ring is 1. The molecule has 0 bridgehead atoms. The quantitative estimate of drug-likeness (QED) is 0.826. The molecular formula is C14H18FN3. The maximum absolute atomic E-state index is 14.0. The highest BCUT2D eigenvalue weighted by Crippen LogP contribution is 2.29. The molecule has 1 aromatic carbocycles. The van der Waals surface area contributed by atoms with Crippen molar-refractivity contribution in [3.8, 4) is 11.1 Å². The lowest BCUT2D eigenvalue weighted by atomic mass is 10.0. The first-order valence-electron chi connectivity index (χ1n) is 6.02. The van der Waals surface area contributed by atoms with Crippen molar-refractivity contribution < 1.29 is 4.39 Å². The van der Waals surface area contributed by atoms with Gasteiger partial charge in [0.2, 0.25) is 0 Å². The van der Waals surface area contributed by atoms with Crippen molar-refractivity contribution in [3.05, 3.63) is 35.4 Å². The first-order valence-corrected chi connectivity index (χ1v) is 6.02. The van der Waals surface area contributed by atoms with E-state index in [1.54, 1.807) is 13.0 Å². The van der Waals surface area contributed by atoms with Crippen molar-refractivity contribution in [3.63, 3.8) is 0 Å². The van der Waals surface area contributed by atoms with Gasteiger partial charge in [-0.3, -0.25) is 4.68 Å². The Morgan fingerprint density at radius 2 is 1.89 bits per heavy atom. The number of aromatic nitrogens is 2. The first-order chi connectivity index (χ1) is 8.40. The Bertz CT molecular complexity index is 585. The molecule has 0 saturated carbocycles. The summed E-state index contributed by atoms with van der Waals surface area (Å²) in [6, 6.07) is 3.40. The normalized spacial score (nSPS) is 11.2. The Morgan fingerprint density at radius 1 is 1.22 bits per heavy atom. The van der Waals surface area contributed by atoms with Gasteiger partial charge < -0.3 is 5.73 Å². The van der Waals surface area contributed by atoms with E-state index >= 15 is 0 Å². The molecule has 0 unspecified atom stereocenters. The number of aryl methyl sites for hydroxylation is 2. The van der Waals surface area contributed by atoms with Gasteiger partial charge in [-0.1, -0.05) is 0 Å². The second-order valence-electron chi connectivity index (χ2n) is 4.89. The van der Waals surface area contributed by atoms with Crippen LogP contribution in [0.5, 0.6) is 0 Å². The molecule has 1 aromatic heterocycles. The predicted molar refractivity (Wildman–Crippen MR) is 71.9 cm³/mol. The van der Waals surface area contributed by atoms with Crippen LogP contribution in [0.4, 0.5) is 10.1 Å². The molecule has 0 aliphatic heterocycles. The molecule has 4 heteroatoms. The highest BCUT2D eigenvalue weighted by Gasteiger charge is 2.14. The van der Waals surface area contributed by atoms with Crippen LogP contribution < -0.4 is 5.73 Å². The van der Waals surface area contributed by atoms with Gasteiger partial charge in [0.1, 0.15) is 5.82 Å². The van der Waals surface area contributed by atoms with Gasteiger partial charge in [0.05, 0.1) is 5.69 Å². The number of hydrogen-bond acceptors (Lipinski definition) is 2. The Kier molecular flexibility index (Phi) is 3.11. The third kappa shape index (κ3) is 2.10. The molecule has 0 saturated heterocycles. The molecule has 2 N–H and O–H groups in total. The van der Waals surface area contributed by atoms with Crippen LogP contribution in [0.1, 0.15) is 31.1 Å². The van der Waals surface area contributed by atoms with Gasteiger partial charge >= 0.3 is 0 Å². The zero-order chi connectivity index (χ0) is 13.4. The number of rotatable bonds is 2. The lowest BCUT2D eigenvalue weighted by molar-refractivity contribution is 0.529. The van der Waals surface area contributed by atoms with Crippen molar-refractivity contribution in [2.75, 3.05) is 5.73 Å².